The molecule has 40 heavy (non-hydrogen) atoms. The van der Waals surface area contributed by atoms with Crippen molar-refractivity contribution in [1.29, 1.82) is 0 Å². The molecule has 12 nitrogen and oxygen atoms in total. The number of aliphatic hydroxyl groups excluding tert-OH is 1. The second kappa shape index (κ2) is 13.2. The normalized spacial score (nSPS) is 24.8. The van der Waals surface area contributed by atoms with Gasteiger partial charge in [-0.15, -0.1) is 6.42 Å². The SMILES string of the molecule is C#CC1(O)C(O)C(COP(=S)(NC(CC(C)C)C(=O)OC(C)C)Oc2ccccc2)OC1n1ccc(=O)[nH]c1=O. The Labute approximate surface area is 236 Å². The number of aliphatic hydroxyl groups is 2. The average molecular weight is 596 g/mol. The van der Waals surface area contributed by atoms with Crippen molar-refractivity contribution in [3.05, 3.63) is 63.4 Å². The van der Waals surface area contributed by atoms with Gasteiger partial charge < -0.3 is 28.7 Å². The predicted octanol–water partition coefficient (Wildman–Crippen LogP) is 1.44. The van der Waals surface area contributed by atoms with Crippen LogP contribution in [0.4, 0.5) is 0 Å². The number of hydrogen-bond donors (Lipinski definition) is 4. The maximum absolute atomic E-state index is 12.9. The summed E-state index contributed by atoms with van der Waals surface area (Å²) in [7, 11) is 0. The molecule has 2 aromatic rings. The first-order chi connectivity index (χ1) is 18.8. The Morgan fingerprint density at radius 2 is 1.95 bits per heavy atom. The van der Waals surface area contributed by atoms with Crippen LogP contribution >= 0.6 is 6.64 Å². The van der Waals surface area contributed by atoms with Gasteiger partial charge in [0.2, 0.25) is 0 Å². The van der Waals surface area contributed by atoms with E-state index < -0.39 is 60.5 Å². The molecule has 14 heteroatoms. The Balaban J connectivity index is 1.89. The molecular weight excluding hydrogens is 561 g/mol. The van der Waals surface area contributed by atoms with Crippen molar-refractivity contribution in [2.45, 2.75) is 70.3 Å². The second-order valence-corrected chi connectivity index (χ2v) is 13.1. The first-order valence-electron chi connectivity index (χ1n) is 12.6. The Kier molecular flexibility index (Phi) is 10.5. The Bertz CT molecular complexity index is 1370. The van der Waals surface area contributed by atoms with Crippen LogP contribution in [-0.4, -0.2) is 62.3 Å². The van der Waals surface area contributed by atoms with Crippen molar-refractivity contribution in [2.75, 3.05) is 6.61 Å². The quantitative estimate of drug-likeness (QED) is 0.160. The number of carbonyl (C=O) groups excluding carboxylic acids is 1. The highest BCUT2D eigenvalue weighted by Crippen LogP contribution is 2.47. The third-order valence-electron chi connectivity index (χ3n) is 5.85. The smallest absolute Gasteiger partial charge is 0.330 e. The molecule has 0 amide bonds. The van der Waals surface area contributed by atoms with Crippen LogP contribution in [0.25, 0.3) is 0 Å². The number of aromatic amines is 1. The molecule has 1 saturated heterocycles. The molecule has 0 saturated carbocycles. The lowest BCUT2D eigenvalue weighted by Crippen LogP contribution is -2.48. The van der Waals surface area contributed by atoms with Crippen LogP contribution in [0.3, 0.4) is 0 Å². The fourth-order valence-corrected chi connectivity index (χ4v) is 6.35. The van der Waals surface area contributed by atoms with Crippen LogP contribution in [-0.2, 0) is 30.6 Å². The van der Waals surface area contributed by atoms with Crippen LogP contribution in [0, 0.1) is 18.3 Å². The Morgan fingerprint density at radius 3 is 2.52 bits per heavy atom. The predicted molar refractivity (Wildman–Crippen MR) is 150 cm³/mol. The topological polar surface area (TPSA) is 161 Å². The number of benzene rings is 1. The van der Waals surface area contributed by atoms with Crippen molar-refractivity contribution in [2.24, 2.45) is 5.92 Å². The first-order valence-corrected chi connectivity index (χ1v) is 15.2. The number of ether oxygens (including phenoxy) is 2. The maximum atomic E-state index is 12.9. The number of para-hydroxylation sites is 1. The standard InChI is InChI=1S/C26H34N3O9PS/c1-6-26(34)22(31)20(37-24(26)29-13-12-21(30)27-25(29)33)15-35-39(40,38-18-10-8-7-9-11-18)28-19(14-16(2)3)23(32)36-17(4)5/h1,7-13,16-17,19-20,22,24,31,34H,14-15H2,2-5H3,(H,28,40)(H,27,30,33). The Hall–Kier alpha value is -2.82. The third-order valence-corrected chi connectivity index (χ3v) is 8.28. The lowest BCUT2D eigenvalue weighted by atomic mass is 9.95. The van der Waals surface area contributed by atoms with Gasteiger partial charge in [-0.25, -0.2) is 9.88 Å². The molecule has 2 heterocycles. The van der Waals surface area contributed by atoms with E-state index in [4.69, 9.17) is 36.8 Å². The molecule has 1 aliphatic rings. The Morgan fingerprint density at radius 1 is 1.27 bits per heavy atom. The van der Waals surface area contributed by atoms with Crippen LogP contribution in [0.1, 0.15) is 40.3 Å². The van der Waals surface area contributed by atoms with E-state index in [-0.39, 0.29) is 12.0 Å². The summed E-state index contributed by atoms with van der Waals surface area (Å²) in [5.74, 6) is 2.00. The number of terminal acetylenes is 1. The van der Waals surface area contributed by atoms with Gasteiger partial charge in [0, 0.05) is 12.3 Å². The van der Waals surface area contributed by atoms with Crippen LogP contribution in [0.2, 0.25) is 0 Å². The summed E-state index contributed by atoms with van der Waals surface area (Å²) in [5, 5.41) is 25.0. The van der Waals surface area contributed by atoms with Crippen LogP contribution < -0.4 is 20.9 Å². The molecule has 3 rings (SSSR count). The van der Waals surface area contributed by atoms with Crippen molar-refractivity contribution in [3.8, 4) is 18.1 Å². The molecule has 218 valence electrons. The molecule has 0 radical (unpaired) electrons. The third kappa shape index (κ3) is 7.67. The van der Waals surface area contributed by atoms with Crippen molar-refractivity contribution in [1.82, 2.24) is 14.6 Å². The molecule has 1 aliphatic heterocycles. The minimum absolute atomic E-state index is 0.0828. The summed E-state index contributed by atoms with van der Waals surface area (Å²) < 4.78 is 24.1. The van der Waals surface area contributed by atoms with Gasteiger partial charge in [0.25, 0.3) is 5.56 Å². The molecule has 1 fully saturated rings. The van der Waals surface area contributed by atoms with Gasteiger partial charge in [0.05, 0.1) is 12.7 Å². The van der Waals surface area contributed by atoms with E-state index in [0.29, 0.717) is 12.2 Å². The number of hydrogen-bond acceptors (Lipinski definition) is 10. The molecule has 1 aromatic heterocycles. The number of aromatic nitrogens is 2. The van der Waals surface area contributed by atoms with E-state index in [1.165, 1.54) is 0 Å². The largest absolute Gasteiger partial charge is 0.462 e. The van der Waals surface area contributed by atoms with Gasteiger partial charge in [-0.2, -0.15) is 0 Å². The van der Waals surface area contributed by atoms with Crippen molar-refractivity contribution >= 4 is 24.4 Å². The average Bonchev–Trinajstić information content (AvgIpc) is 3.12. The minimum atomic E-state index is -3.55. The lowest BCUT2D eigenvalue weighted by molar-refractivity contribution is -0.150. The zero-order chi connectivity index (χ0) is 29.7. The van der Waals surface area contributed by atoms with E-state index >= 15 is 0 Å². The molecule has 1 aromatic carbocycles. The molecule has 4 N–H and O–H groups in total. The molecule has 0 spiro atoms. The van der Waals surface area contributed by atoms with Crippen molar-refractivity contribution < 1.29 is 33.5 Å². The number of H-pyrrole nitrogens is 1. The second-order valence-electron chi connectivity index (χ2n) is 9.95. The summed E-state index contributed by atoms with van der Waals surface area (Å²) in [6.07, 6.45) is 2.06. The molecule has 0 bridgehead atoms. The number of nitrogens with one attached hydrogen (secondary N) is 2. The molecule has 6 atom stereocenters. The van der Waals surface area contributed by atoms with Gasteiger partial charge in [-0.1, -0.05) is 38.0 Å². The summed E-state index contributed by atoms with van der Waals surface area (Å²) in [5.41, 5.74) is -3.92. The molecular formula is C26H34N3O9PS. The van der Waals surface area contributed by atoms with Gasteiger partial charge in [0.15, 0.2) is 11.8 Å². The highest BCUT2D eigenvalue weighted by atomic mass is 32.5. The molecule has 0 aliphatic carbocycles. The maximum Gasteiger partial charge on any atom is 0.330 e. The first kappa shape index (κ1) is 31.7. The summed E-state index contributed by atoms with van der Waals surface area (Å²) in [4.78, 5) is 38.8. The van der Waals surface area contributed by atoms with E-state index in [9.17, 15) is 24.6 Å². The van der Waals surface area contributed by atoms with Gasteiger partial charge in [0.1, 0.15) is 24.0 Å². The minimum Gasteiger partial charge on any atom is -0.462 e. The fourth-order valence-electron chi connectivity index (χ4n) is 4.01. The fraction of sp³-hybridized carbons (Fsp3) is 0.500. The van der Waals surface area contributed by atoms with E-state index in [1.807, 2.05) is 18.8 Å². The van der Waals surface area contributed by atoms with Crippen molar-refractivity contribution in [3.63, 3.8) is 0 Å². The van der Waals surface area contributed by atoms with E-state index in [1.54, 1.807) is 44.2 Å². The lowest BCUT2D eigenvalue weighted by Gasteiger charge is -2.30. The van der Waals surface area contributed by atoms with Crippen LogP contribution in [0.5, 0.6) is 5.75 Å². The summed E-state index contributed by atoms with van der Waals surface area (Å²) >= 11 is 5.78. The monoisotopic (exact) mass is 595 g/mol. The number of esters is 1. The van der Waals surface area contributed by atoms with E-state index in [0.717, 1.165) is 16.8 Å². The highest BCUT2D eigenvalue weighted by molar-refractivity contribution is 8.09. The molecule has 6 unspecified atom stereocenters. The highest BCUT2D eigenvalue weighted by Gasteiger charge is 2.56. The van der Waals surface area contributed by atoms with Crippen LogP contribution in [0.15, 0.2) is 52.2 Å². The summed E-state index contributed by atoms with van der Waals surface area (Å²) in [6.45, 7) is 3.34. The number of nitrogens with zero attached hydrogens (tertiary/aromatic N) is 1. The van der Waals surface area contributed by atoms with Gasteiger partial charge in [-0.05, 0) is 50.1 Å². The van der Waals surface area contributed by atoms with Gasteiger partial charge in [-0.3, -0.25) is 19.1 Å². The zero-order valence-electron chi connectivity index (χ0n) is 22.6. The van der Waals surface area contributed by atoms with E-state index in [2.05, 4.69) is 11.0 Å². The number of carbonyl (C=O) groups is 1. The zero-order valence-corrected chi connectivity index (χ0v) is 24.3. The summed E-state index contributed by atoms with van der Waals surface area (Å²) in [6, 6.07) is 8.74. The number of rotatable bonds is 12. The van der Waals surface area contributed by atoms with Gasteiger partial charge >= 0.3 is 18.3 Å².